The summed E-state index contributed by atoms with van der Waals surface area (Å²) in [5, 5.41) is 2.94. The number of sulfonamides is 1. The largest absolute Gasteiger partial charge is 0.452 e. The summed E-state index contributed by atoms with van der Waals surface area (Å²) < 4.78 is 32.6. The Labute approximate surface area is 179 Å². The van der Waals surface area contributed by atoms with Crippen molar-refractivity contribution in [3.05, 3.63) is 29.3 Å². The van der Waals surface area contributed by atoms with Crippen LogP contribution in [0.4, 0.5) is 0 Å². The molecule has 2 aliphatic rings. The van der Waals surface area contributed by atoms with Gasteiger partial charge in [-0.05, 0) is 69.7 Å². The lowest BCUT2D eigenvalue weighted by molar-refractivity contribution is -0.160. The molecule has 2 fully saturated rings. The van der Waals surface area contributed by atoms with Crippen LogP contribution >= 0.6 is 0 Å². The van der Waals surface area contributed by atoms with E-state index in [9.17, 15) is 18.0 Å². The van der Waals surface area contributed by atoms with Gasteiger partial charge in [0.2, 0.25) is 10.0 Å². The summed E-state index contributed by atoms with van der Waals surface area (Å²) in [5.74, 6) is -1.07. The van der Waals surface area contributed by atoms with E-state index in [0.29, 0.717) is 12.8 Å². The number of nitrogens with one attached hydrogen (secondary N) is 1. The highest BCUT2D eigenvalue weighted by Crippen LogP contribution is 2.26. The van der Waals surface area contributed by atoms with Crippen LogP contribution in [-0.2, 0) is 24.3 Å². The lowest BCUT2D eigenvalue weighted by Gasteiger charge is -2.30. The summed E-state index contributed by atoms with van der Waals surface area (Å²) in [4.78, 5) is 25.0. The van der Waals surface area contributed by atoms with E-state index in [1.165, 1.54) is 4.31 Å². The number of benzene rings is 1. The Bertz CT molecular complexity index is 885. The van der Waals surface area contributed by atoms with Crippen LogP contribution in [0, 0.1) is 19.8 Å². The fourth-order valence-corrected chi connectivity index (χ4v) is 5.62. The Morgan fingerprint density at radius 2 is 1.70 bits per heavy atom. The van der Waals surface area contributed by atoms with E-state index in [2.05, 4.69) is 5.32 Å². The van der Waals surface area contributed by atoms with Crippen molar-refractivity contribution in [1.29, 1.82) is 0 Å². The van der Waals surface area contributed by atoms with Gasteiger partial charge in [-0.1, -0.05) is 18.9 Å². The molecule has 1 amide bonds. The summed E-state index contributed by atoms with van der Waals surface area (Å²) in [7, 11) is -3.58. The topological polar surface area (TPSA) is 92.8 Å². The van der Waals surface area contributed by atoms with Gasteiger partial charge in [-0.25, -0.2) is 8.42 Å². The molecule has 0 spiro atoms. The van der Waals surface area contributed by atoms with Crippen LogP contribution in [0.15, 0.2) is 23.1 Å². The number of carbonyl (C=O) groups is 2. The number of amides is 1. The molecule has 1 saturated heterocycles. The molecule has 3 rings (SSSR count). The third-order valence-corrected chi connectivity index (χ3v) is 8.16. The first-order valence-corrected chi connectivity index (χ1v) is 12.2. The van der Waals surface area contributed by atoms with E-state index in [1.807, 2.05) is 19.9 Å². The van der Waals surface area contributed by atoms with E-state index < -0.39 is 28.0 Å². The van der Waals surface area contributed by atoms with Crippen LogP contribution in [0.1, 0.15) is 56.6 Å². The number of esters is 1. The second-order valence-corrected chi connectivity index (χ2v) is 10.4. The fraction of sp³-hybridized carbons (Fsp3) is 0.636. The Hall–Kier alpha value is -1.93. The quantitative estimate of drug-likeness (QED) is 0.692. The van der Waals surface area contributed by atoms with Gasteiger partial charge in [0.15, 0.2) is 6.10 Å². The summed E-state index contributed by atoms with van der Waals surface area (Å²) in [5.41, 5.74) is 1.97. The highest BCUT2D eigenvalue weighted by Gasteiger charge is 2.34. The molecule has 1 aromatic rings. The average molecular weight is 437 g/mol. The van der Waals surface area contributed by atoms with E-state index in [4.69, 9.17) is 4.74 Å². The Morgan fingerprint density at radius 1 is 1.07 bits per heavy atom. The molecule has 7 nitrogen and oxygen atoms in total. The number of rotatable bonds is 6. The number of nitrogens with zero attached hydrogens (tertiary/aromatic N) is 1. The van der Waals surface area contributed by atoms with Crippen molar-refractivity contribution in [2.45, 2.75) is 76.3 Å². The van der Waals surface area contributed by atoms with Gasteiger partial charge in [0.1, 0.15) is 0 Å². The molecule has 1 aliphatic heterocycles. The normalized spacial score (nSPS) is 20.1. The van der Waals surface area contributed by atoms with Crippen molar-refractivity contribution in [3.8, 4) is 0 Å². The zero-order valence-electron chi connectivity index (χ0n) is 18.0. The summed E-state index contributed by atoms with van der Waals surface area (Å²) >= 11 is 0. The standard InChI is InChI=1S/C22H32N2O5S/c1-15-8-9-20(14-16(15)2)30(27,28)24-12-10-18(11-13-24)22(26)29-17(3)21(25)23-19-6-4-5-7-19/h8-9,14,17-19H,4-7,10-13H2,1-3H3,(H,23,25)/t17-/m0/s1. The highest BCUT2D eigenvalue weighted by atomic mass is 32.2. The number of ether oxygens (including phenoxy) is 1. The summed E-state index contributed by atoms with van der Waals surface area (Å²) in [6.07, 6.45) is 4.11. The van der Waals surface area contributed by atoms with Crippen molar-refractivity contribution in [3.63, 3.8) is 0 Å². The van der Waals surface area contributed by atoms with Gasteiger partial charge >= 0.3 is 5.97 Å². The van der Waals surface area contributed by atoms with Crippen molar-refractivity contribution in [2.75, 3.05) is 13.1 Å². The lowest BCUT2D eigenvalue weighted by atomic mass is 9.98. The van der Waals surface area contributed by atoms with Crippen LogP contribution in [0.3, 0.4) is 0 Å². The van der Waals surface area contributed by atoms with Gasteiger partial charge in [-0.2, -0.15) is 4.31 Å². The number of hydrogen-bond acceptors (Lipinski definition) is 5. The van der Waals surface area contributed by atoms with Crippen molar-refractivity contribution in [1.82, 2.24) is 9.62 Å². The first-order valence-electron chi connectivity index (χ1n) is 10.8. The third kappa shape index (κ3) is 5.21. The number of hydrogen-bond donors (Lipinski definition) is 1. The molecule has 0 unspecified atom stereocenters. The fourth-order valence-electron chi connectivity index (χ4n) is 4.07. The molecule has 1 N–H and O–H groups in total. The molecule has 0 aromatic heterocycles. The molecule has 8 heteroatoms. The van der Waals surface area contributed by atoms with E-state index in [-0.39, 0.29) is 29.9 Å². The first-order chi connectivity index (χ1) is 14.2. The van der Waals surface area contributed by atoms with Gasteiger partial charge in [0.05, 0.1) is 10.8 Å². The second-order valence-electron chi connectivity index (χ2n) is 8.49. The van der Waals surface area contributed by atoms with Crippen LogP contribution in [0.25, 0.3) is 0 Å². The predicted molar refractivity (Wildman–Crippen MR) is 113 cm³/mol. The molecule has 30 heavy (non-hydrogen) atoms. The molecular formula is C22H32N2O5S. The van der Waals surface area contributed by atoms with Gasteiger partial charge in [-0.3, -0.25) is 9.59 Å². The SMILES string of the molecule is Cc1ccc(S(=O)(=O)N2CCC(C(=O)O[C@@H](C)C(=O)NC3CCCC3)CC2)cc1C. The monoisotopic (exact) mass is 436 g/mol. The minimum Gasteiger partial charge on any atom is -0.452 e. The molecular weight excluding hydrogens is 404 g/mol. The van der Waals surface area contributed by atoms with Crippen LogP contribution in [0.2, 0.25) is 0 Å². The van der Waals surface area contributed by atoms with Crippen LogP contribution in [0.5, 0.6) is 0 Å². The van der Waals surface area contributed by atoms with Crippen LogP contribution < -0.4 is 5.32 Å². The van der Waals surface area contributed by atoms with Gasteiger partial charge in [0, 0.05) is 19.1 Å². The molecule has 1 atom stereocenters. The lowest BCUT2D eigenvalue weighted by Crippen LogP contribution is -2.44. The summed E-state index contributed by atoms with van der Waals surface area (Å²) in [6.45, 7) is 5.94. The van der Waals surface area contributed by atoms with Crippen LogP contribution in [-0.4, -0.2) is 49.8 Å². The zero-order chi connectivity index (χ0) is 21.9. The smallest absolute Gasteiger partial charge is 0.309 e. The first kappa shape index (κ1) is 22.7. The van der Waals surface area contributed by atoms with Crippen molar-refractivity contribution in [2.24, 2.45) is 5.92 Å². The van der Waals surface area contributed by atoms with E-state index in [1.54, 1.807) is 19.1 Å². The second kappa shape index (κ2) is 9.47. The van der Waals surface area contributed by atoms with E-state index >= 15 is 0 Å². The molecule has 0 radical (unpaired) electrons. The number of carbonyl (C=O) groups excluding carboxylic acids is 2. The Balaban J connectivity index is 1.52. The number of aryl methyl sites for hydroxylation is 2. The van der Waals surface area contributed by atoms with Crippen molar-refractivity contribution >= 4 is 21.9 Å². The number of piperidine rings is 1. The van der Waals surface area contributed by atoms with Gasteiger partial charge < -0.3 is 10.1 Å². The maximum absolute atomic E-state index is 12.9. The predicted octanol–water partition coefficient (Wildman–Crippen LogP) is 2.69. The van der Waals surface area contributed by atoms with Crippen molar-refractivity contribution < 1.29 is 22.7 Å². The Kier molecular flexibility index (Phi) is 7.18. The highest BCUT2D eigenvalue weighted by molar-refractivity contribution is 7.89. The third-order valence-electron chi connectivity index (χ3n) is 6.27. The average Bonchev–Trinajstić information content (AvgIpc) is 3.23. The van der Waals surface area contributed by atoms with E-state index in [0.717, 1.165) is 36.8 Å². The Morgan fingerprint density at radius 3 is 2.30 bits per heavy atom. The molecule has 1 aromatic carbocycles. The van der Waals surface area contributed by atoms with Gasteiger partial charge in [-0.15, -0.1) is 0 Å². The molecule has 1 aliphatic carbocycles. The molecule has 1 heterocycles. The molecule has 0 bridgehead atoms. The molecule has 1 saturated carbocycles. The van der Waals surface area contributed by atoms with Gasteiger partial charge in [0.25, 0.3) is 5.91 Å². The minimum absolute atomic E-state index is 0.178. The molecule has 166 valence electrons. The minimum atomic E-state index is -3.58. The maximum Gasteiger partial charge on any atom is 0.309 e. The summed E-state index contributed by atoms with van der Waals surface area (Å²) in [6, 6.07) is 5.31. The maximum atomic E-state index is 12.9. The zero-order valence-corrected chi connectivity index (χ0v) is 18.8.